The molecule has 4 heteroatoms. The molecule has 1 aromatic heterocycles. The molecule has 56 valence electrons. The van der Waals surface area contributed by atoms with E-state index in [0.717, 1.165) is 15.9 Å². The lowest BCUT2D eigenvalue weighted by atomic mass is 10.3. The molecule has 0 spiro atoms. The second kappa shape index (κ2) is 2.72. The van der Waals surface area contributed by atoms with Gasteiger partial charge in [0, 0.05) is 12.6 Å². The molecule has 0 amide bonds. The summed E-state index contributed by atoms with van der Waals surface area (Å²) in [6.07, 6.45) is 0. The maximum Gasteiger partial charge on any atom is 0.131 e. The van der Waals surface area contributed by atoms with Crippen molar-refractivity contribution >= 4 is 15.9 Å². The maximum atomic E-state index is 8.83. The summed E-state index contributed by atoms with van der Waals surface area (Å²) in [7, 11) is 1.81. The molecule has 0 saturated heterocycles. The Morgan fingerprint density at radius 2 is 2.30 bits per heavy atom. The Balaban J connectivity index is 3.20. The highest BCUT2D eigenvalue weighted by molar-refractivity contribution is 9.10. The van der Waals surface area contributed by atoms with Crippen molar-refractivity contribution in [3.63, 3.8) is 0 Å². The summed E-state index contributed by atoms with van der Waals surface area (Å²) in [5.41, 5.74) is 1.86. The Bertz CT molecular complexity index is 244. The number of aliphatic hydroxyl groups excluding tert-OH is 1. The van der Waals surface area contributed by atoms with Gasteiger partial charge in [-0.2, -0.15) is 5.10 Å². The smallest absolute Gasteiger partial charge is 0.131 e. The van der Waals surface area contributed by atoms with Gasteiger partial charge in [0.25, 0.3) is 0 Å². The molecule has 0 unspecified atom stereocenters. The lowest BCUT2D eigenvalue weighted by molar-refractivity contribution is 0.270. The standard InChI is InChI=1S/C6H9BrN2O/c1-4-5(3-10)9(2)8-6(4)7/h10H,3H2,1-2H3. The molecule has 3 nitrogen and oxygen atoms in total. The van der Waals surface area contributed by atoms with E-state index < -0.39 is 0 Å². The molecule has 10 heavy (non-hydrogen) atoms. The highest BCUT2D eigenvalue weighted by Gasteiger charge is 2.07. The van der Waals surface area contributed by atoms with Crippen LogP contribution in [0, 0.1) is 6.92 Å². The Morgan fingerprint density at radius 3 is 2.50 bits per heavy atom. The van der Waals surface area contributed by atoms with E-state index in [2.05, 4.69) is 21.0 Å². The summed E-state index contributed by atoms with van der Waals surface area (Å²) in [4.78, 5) is 0. The van der Waals surface area contributed by atoms with Gasteiger partial charge < -0.3 is 5.11 Å². The Morgan fingerprint density at radius 1 is 1.70 bits per heavy atom. The van der Waals surface area contributed by atoms with Gasteiger partial charge in [0.1, 0.15) is 4.60 Å². The largest absolute Gasteiger partial charge is 0.390 e. The maximum absolute atomic E-state index is 8.83. The quantitative estimate of drug-likeness (QED) is 0.742. The third-order valence-electron chi connectivity index (χ3n) is 1.52. The molecular weight excluding hydrogens is 196 g/mol. The number of aliphatic hydroxyl groups is 1. The number of halogens is 1. The van der Waals surface area contributed by atoms with Crippen LogP contribution in [0.3, 0.4) is 0 Å². The van der Waals surface area contributed by atoms with E-state index in [1.165, 1.54) is 0 Å². The fourth-order valence-corrected chi connectivity index (χ4v) is 1.32. The van der Waals surface area contributed by atoms with Crippen LogP contribution in [0.4, 0.5) is 0 Å². The second-order valence-electron chi connectivity index (χ2n) is 2.14. The third kappa shape index (κ3) is 1.09. The molecule has 0 atom stereocenters. The first-order valence-corrected chi connectivity index (χ1v) is 3.75. The van der Waals surface area contributed by atoms with Crippen molar-refractivity contribution in [2.24, 2.45) is 7.05 Å². The number of rotatable bonds is 1. The average Bonchev–Trinajstić information content (AvgIpc) is 2.09. The molecule has 1 heterocycles. The van der Waals surface area contributed by atoms with Gasteiger partial charge >= 0.3 is 0 Å². The molecule has 1 N–H and O–H groups in total. The Hall–Kier alpha value is -0.350. The lowest BCUT2D eigenvalue weighted by Gasteiger charge is -1.95. The summed E-state index contributed by atoms with van der Waals surface area (Å²) in [5, 5.41) is 12.9. The second-order valence-corrected chi connectivity index (χ2v) is 2.90. The summed E-state index contributed by atoms with van der Waals surface area (Å²) < 4.78 is 2.47. The van der Waals surface area contributed by atoms with Crippen LogP contribution in [-0.2, 0) is 13.7 Å². The van der Waals surface area contributed by atoms with Gasteiger partial charge in [-0.1, -0.05) is 0 Å². The van der Waals surface area contributed by atoms with Crippen molar-refractivity contribution in [2.75, 3.05) is 0 Å². The molecule has 0 saturated carbocycles. The van der Waals surface area contributed by atoms with Gasteiger partial charge in [0.2, 0.25) is 0 Å². The van der Waals surface area contributed by atoms with Crippen LogP contribution in [-0.4, -0.2) is 14.9 Å². The van der Waals surface area contributed by atoms with Crippen molar-refractivity contribution in [2.45, 2.75) is 13.5 Å². The minimum Gasteiger partial charge on any atom is -0.390 e. The molecule has 0 radical (unpaired) electrons. The summed E-state index contributed by atoms with van der Waals surface area (Å²) in [6, 6.07) is 0. The third-order valence-corrected chi connectivity index (χ3v) is 2.27. The van der Waals surface area contributed by atoms with Gasteiger partial charge in [-0.3, -0.25) is 4.68 Å². The molecule has 1 rings (SSSR count). The molecule has 0 aliphatic rings. The van der Waals surface area contributed by atoms with Crippen LogP contribution in [0.2, 0.25) is 0 Å². The fourth-order valence-electron chi connectivity index (χ4n) is 0.850. The first-order chi connectivity index (χ1) is 4.66. The Kier molecular flexibility index (Phi) is 2.11. The van der Waals surface area contributed by atoms with Crippen molar-refractivity contribution in [3.8, 4) is 0 Å². The number of aromatic nitrogens is 2. The van der Waals surface area contributed by atoms with Crippen LogP contribution >= 0.6 is 15.9 Å². The molecule has 0 aliphatic carbocycles. The summed E-state index contributed by atoms with van der Waals surface area (Å²) in [6.45, 7) is 1.96. The van der Waals surface area contributed by atoms with E-state index in [-0.39, 0.29) is 6.61 Å². The highest BCUT2D eigenvalue weighted by atomic mass is 79.9. The first kappa shape index (κ1) is 7.75. The zero-order chi connectivity index (χ0) is 7.72. The summed E-state index contributed by atoms with van der Waals surface area (Å²) in [5.74, 6) is 0. The van der Waals surface area contributed by atoms with E-state index >= 15 is 0 Å². The highest BCUT2D eigenvalue weighted by Crippen LogP contribution is 2.17. The van der Waals surface area contributed by atoms with Crippen LogP contribution in [0.25, 0.3) is 0 Å². The van der Waals surface area contributed by atoms with Crippen LogP contribution in [0.5, 0.6) is 0 Å². The fraction of sp³-hybridized carbons (Fsp3) is 0.500. The van der Waals surface area contributed by atoms with Gasteiger partial charge in [-0.25, -0.2) is 0 Å². The molecule has 1 aromatic rings. The van der Waals surface area contributed by atoms with Gasteiger partial charge in [0.05, 0.1) is 12.3 Å². The van der Waals surface area contributed by atoms with E-state index in [9.17, 15) is 0 Å². The zero-order valence-electron chi connectivity index (χ0n) is 5.93. The van der Waals surface area contributed by atoms with E-state index in [0.29, 0.717) is 0 Å². The van der Waals surface area contributed by atoms with Crippen LogP contribution in [0.15, 0.2) is 4.60 Å². The predicted molar refractivity (Wildman–Crippen MR) is 41.6 cm³/mol. The first-order valence-electron chi connectivity index (χ1n) is 2.95. The number of hydrogen-bond donors (Lipinski definition) is 1. The van der Waals surface area contributed by atoms with Crippen molar-refractivity contribution < 1.29 is 5.11 Å². The molecular formula is C6H9BrN2O. The number of nitrogens with zero attached hydrogens (tertiary/aromatic N) is 2. The van der Waals surface area contributed by atoms with Crippen LogP contribution < -0.4 is 0 Å². The van der Waals surface area contributed by atoms with Crippen molar-refractivity contribution in [3.05, 3.63) is 15.9 Å². The zero-order valence-corrected chi connectivity index (χ0v) is 7.51. The normalized spacial score (nSPS) is 10.4. The van der Waals surface area contributed by atoms with Crippen molar-refractivity contribution in [1.82, 2.24) is 9.78 Å². The molecule has 0 fully saturated rings. The number of aryl methyl sites for hydroxylation is 1. The van der Waals surface area contributed by atoms with E-state index in [4.69, 9.17) is 5.11 Å². The van der Waals surface area contributed by atoms with Crippen LogP contribution in [0.1, 0.15) is 11.3 Å². The van der Waals surface area contributed by atoms with Gasteiger partial charge in [-0.05, 0) is 22.9 Å². The lowest BCUT2D eigenvalue weighted by Crippen LogP contribution is -1.98. The molecule has 0 aliphatic heterocycles. The SMILES string of the molecule is Cc1c(Br)nn(C)c1CO. The van der Waals surface area contributed by atoms with Gasteiger partial charge in [-0.15, -0.1) is 0 Å². The average molecular weight is 205 g/mol. The predicted octanol–water partition coefficient (Wildman–Crippen LogP) is 0.983. The number of hydrogen-bond acceptors (Lipinski definition) is 2. The summed E-state index contributed by atoms with van der Waals surface area (Å²) >= 11 is 3.26. The van der Waals surface area contributed by atoms with Gasteiger partial charge in [0.15, 0.2) is 0 Å². The minimum absolute atomic E-state index is 0.0426. The van der Waals surface area contributed by atoms with E-state index in [1.54, 1.807) is 4.68 Å². The van der Waals surface area contributed by atoms with Crippen molar-refractivity contribution in [1.29, 1.82) is 0 Å². The van der Waals surface area contributed by atoms with E-state index in [1.807, 2.05) is 14.0 Å². The Labute approximate surface area is 67.8 Å². The minimum atomic E-state index is 0.0426. The topological polar surface area (TPSA) is 38.0 Å². The molecule has 0 aromatic carbocycles. The monoisotopic (exact) mass is 204 g/mol. The molecule has 0 bridgehead atoms.